The van der Waals surface area contributed by atoms with Crippen LogP contribution in [-0.4, -0.2) is 10.5 Å². The highest BCUT2D eigenvalue weighted by atomic mass is 15.0. The lowest BCUT2D eigenvalue weighted by atomic mass is 10.1. The molecule has 16 heavy (non-hydrogen) atoms. The summed E-state index contributed by atoms with van der Waals surface area (Å²) in [6.07, 6.45) is 4.25. The zero-order chi connectivity index (χ0) is 11.2. The molecule has 2 aromatic rings. The number of nitrogen functional groups attached to an aromatic ring is 1. The molecular formula is C13H15N3. The Morgan fingerprint density at radius 3 is 2.88 bits per heavy atom. The van der Waals surface area contributed by atoms with E-state index in [0.29, 0.717) is 0 Å². The fourth-order valence-electron chi connectivity index (χ4n) is 1.94. The van der Waals surface area contributed by atoms with Crippen molar-refractivity contribution in [2.24, 2.45) is 0 Å². The van der Waals surface area contributed by atoms with Gasteiger partial charge in [0, 0.05) is 22.8 Å². The fraction of sp³-hybridized carbons (Fsp3) is 0.308. The molecule has 3 N–H and O–H groups in total. The number of nitrogens with two attached hydrogens (primary N) is 1. The van der Waals surface area contributed by atoms with Crippen molar-refractivity contribution in [1.29, 1.82) is 0 Å². The molecule has 0 spiro atoms. The minimum atomic E-state index is 0.277. The second kappa shape index (κ2) is 3.11. The molecule has 0 radical (unpaired) electrons. The normalized spacial score (nSPS) is 17.3. The fourth-order valence-corrected chi connectivity index (χ4v) is 1.94. The van der Waals surface area contributed by atoms with Crippen LogP contribution in [0.2, 0.25) is 0 Å². The predicted molar refractivity (Wildman–Crippen MR) is 67.4 cm³/mol. The number of fused-ring (bicyclic) bond motifs is 1. The summed E-state index contributed by atoms with van der Waals surface area (Å²) in [5, 5.41) is 4.67. The zero-order valence-corrected chi connectivity index (χ0v) is 9.33. The van der Waals surface area contributed by atoms with Gasteiger partial charge in [-0.25, -0.2) is 0 Å². The molecular weight excluding hydrogens is 198 g/mol. The van der Waals surface area contributed by atoms with E-state index >= 15 is 0 Å². The van der Waals surface area contributed by atoms with E-state index < -0.39 is 0 Å². The molecule has 0 saturated heterocycles. The Morgan fingerprint density at radius 1 is 1.31 bits per heavy atom. The number of benzene rings is 1. The zero-order valence-electron chi connectivity index (χ0n) is 9.33. The quantitative estimate of drug-likeness (QED) is 0.754. The van der Waals surface area contributed by atoms with Gasteiger partial charge in [0.2, 0.25) is 0 Å². The number of hydrogen-bond donors (Lipinski definition) is 2. The van der Waals surface area contributed by atoms with Crippen molar-refractivity contribution in [3.8, 4) is 0 Å². The molecule has 0 aliphatic heterocycles. The summed E-state index contributed by atoms with van der Waals surface area (Å²) < 4.78 is 0. The maximum absolute atomic E-state index is 5.91. The van der Waals surface area contributed by atoms with Crippen molar-refractivity contribution in [2.45, 2.75) is 25.3 Å². The average Bonchev–Trinajstić information content (AvgIpc) is 3.01. The number of nitrogens with one attached hydrogen (secondary N) is 1. The molecule has 1 aromatic heterocycles. The van der Waals surface area contributed by atoms with Crippen molar-refractivity contribution >= 4 is 22.3 Å². The van der Waals surface area contributed by atoms with Crippen molar-refractivity contribution in [1.82, 2.24) is 4.98 Å². The van der Waals surface area contributed by atoms with E-state index in [-0.39, 0.29) is 5.54 Å². The maximum Gasteiger partial charge on any atom is 0.0951 e. The van der Waals surface area contributed by atoms with Gasteiger partial charge >= 0.3 is 0 Å². The Bertz CT molecular complexity index is 544. The molecule has 1 aliphatic carbocycles. The van der Waals surface area contributed by atoms with Crippen LogP contribution in [0.4, 0.5) is 11.4 Å². The first-order valence-electron chi connectivity index (χ1n) is 5.59. The van der Waals surface area contributed by atoms with Crippen LogP contribution >= 0.6 is 0 Å². The molecule has 1 heterocycles. The van der Waals surface area contributed by atoms with Gasteiger partial charge in [-0.05, 0) is 44.0 Å². The van der Waals surface area contributed by atoms with Crippen LogP contribution in [0.1, 0.15) is 19.8 Å². The summed E-state index contributed by atoms with van der Waals surface area (Å²) in [6, 6.07) is 7.97. The first kappa shape index (κ1) is 9.46. The van der Waals surface area contributed by atoms with Gasteiger partial charge in [0.05, 0.1) is 11.2 Å². The van der Waals surface area contributed by atoms with Crippen molar-refractivity contribution in [3.05, 3.63) is 30.5 Å². The van der Waals surface area contributed by atoms with Gasteiger partial charge in [-0.1, -0.05) is 0 Å². The Balaban J connectivity index is 2.14. The molecule has 1 aromatic carbocycles. The molecule has 1 fully saturated rings. The lowest BCUT2D eigenvalue weighted by Gasteiger charge is -2.15. The molecule has 82 valence electrons. The average molecular weight is 213 g/mol. The lowest BCUT2D eigenvalue weighted by molar-refractivity contribution is 0.831. The van der Waals surface area contributed by atoms with E-state index in [1.807, 2.05) is 18.2 Å². The van der Waals surface area contributed by atoms with E-state index in [0.717, 1.165) is 22.3 Å². The summed E-state index contributed by atoms with van der Waals surface area (Å²) in [5.74, 6) is 0. The predicted octanol–water partition coefficient (Wildman–Crippen LogP) is 2.78. The third-order valence-electron chi connectivity index (χ3n) is 3.24. The van der Waals surface area contributed by atoms with Gasteiger partial charge < -0.3 is 11.1 Å². The Hall–Kier alpha value is -1.77. The van der Waals surface area contributed by atoms with Crippen LogP contribution in [0.25, 0.3) is 10.9 Å². The third kappa shape index (κ3) is 1.48. The molecule has 0 unspecified atom stereocenters. The minimum Gasteiger partial charge on any atom is -0.397 e. The van der Waals surface area contributed by atoms with Crippen molar-refractivity contribution in [2.75, 3.05) is 11.1 Å². The molecule has 0 amide bonds. The Kier molecular flexibility index (Phi) is 1.84. The summed E-state index contributed by atoms with van der Waals surface area (Å²) in [5.41, 5.74) is 8.95. The standard InChI is InChI=1S/C13H15N3/c1-13(6-7-13)16-11-5-4-10(14)12-9(11)3-2-8-15-12/h2-5,8,16H,6-7,14H2,1H3. The number of rotatable bonds is 2. The number of aromatic nitrogens is 1. The van der Waals surface area contributed by atoms with Crippen LogP contribution in [0.5, 0.6) is 0 Å². The number of anilines is 2. The summed E-state index contributed by atoms with van der Waals surface area (Å²) >= 11 is 0. The highest BCUT2D eigenvalue weighted by Gasteiger charge is 2.37. The highest BCUT2D eigenvalue weighted by Crippen LogP contribution is 2.40. The van der Waals surface area contributed by atoms with Gasteiger partial charge in [0.25, 0.3) is 0 Å². The smallest absolute Gasteiger partial charge is 0.0951 e. The second-order valence-electron chi connectivity index (χ2n) is 4.79. The highest BCUT2D eigenvalue weighted by molar-refractivity contribution is 5.98. The second-order valence-corrected chi connectivity index (χ2v) is 4.79. The van der Waals surface area contributed by atoms with Gasteiger partial charge in [-0.2, -0.15) is 0 Å². The van der Waals surface area contributed by atoms with E-state index in [9.17, 15) is 0 Å². The van der Waals surface area contributed by atoms with E-state index in [1.54, 1.807) is 6.20 Å². The first-order valence-corrected chi connectivity index (χ1v) is 5.59. The van der Waals surface area contributed by atoms with Crippen LogP contribution in [0, 0.1) is 0 Å². The molecule has 0 atom stereocenters. The monoisotopic (exact) mass is 213 g/mol. The first-order chi connectivity index (χ1) is 7.68. The third-order valence-corrected chi connectivity index (χ3v) is 3.24. The summed E-state index contributed by atoms with van der Waals surface area (Å²) in [6.45, 7) is 2.24. The number of pyridine rings is 1. The van der Waals surface area contributed by atoms with Crippen LogP contribution < -0.4 is 11.1 Å². The Morgan fingerprint density at radius 2 is 2.12 bits per heavy atom. The molecule has 1 aliphatic rings. The van der Waals surface area contributed by atoms with Gasteiger partial charge in [-0.15, -0.1) is 0 Å². The van der Waals surface area contributed by atoms with Gasteiger partial charge in [-0.3, -0.25) is 4.98 Å². The lowest BCUT2D eigenvalue weighted by Crippen LogP contribution is -2.16. The summed E-state index contributed by atoms with van der Waals surface area (Å²) in [4.78, 5) is 4.33. The van der Waals surface area contributed by atoms with E-state index in [4.69, 9.17) is 5.73 Å². The largest absolute Gasteiger partial charge is 0.397 e. The number of hydrogen-bond acceptors (Lipinski definition) is 3. The molecule has 0 bridgehead atoms. The maximum atomic E-state index is 5.91. The minimum absolute atomic E-state index is 0.277. The van der Waals surface area contributed by atoms with Crippen molar-refractivity contribution < 1.29 is 0 Å². The SMILES string of the molecule is CC1(Nc2ccc(N)c3ncccc23)CC1. The van der Waals surface area contributed by atoms with Crippen LogP contribution in [0.3, 0.4) is 0 Å². The van der Waals surface area contributed by atoms with E-state index in [1.165, 1.54) is 12.8 Å². The number of nitrogens with zero attached hydrogens (tertiary/aromatic N) is 1. The summed E-state index contributed by atoms with van der Waals surface area (Å²) in [7, 11) is 0. The van der Waals surface area contributed by atoms with Crippen LogP contribution in [-0.2, 0) is 0 Å². The molecule has 3 nitrogen and oxygen atoms in total. The topological polar surface area (TPSA) is 50.9 Å². The molecule has 1 saturated carbocycles. The van der Waals surface area contributed by atoms with Crippen molar-refractivity contribution in [3.63, 3.8) is 0 Å². The van der Waals surface area contributed by atoms with Gasteiger partial charge in [0.1, 0.15) is 0 Å². The van der Waals surface area contributed by atoms with E-state index in [2.05, 4.69) is 23.3 Å². The van der Waals surface area contributed by atoms with Gasteiger partial charge in [0.15, 0.2) is 0 Å². The van der Waals surface area contributed by atoms with Crippen LogP contribution in [0.15, 0.2) is 30.5 Å². The Labute approximate surface area is 94.7 Å². The molecule has 3 heteroatoms. The molecule has 3 rings (SSSR count).